The van der Waals surface area contributed by atoms with Crippen LogP contribution in [0.25, 0.3) is 0 Å². The Morgan fingerprint density at radius 2 is 1.60 bits per heavy atom. The molecule has 0 spiro atoms. The molecular weight excluding hydrogens is 595 g/mol. The summed E-state index contributed by atoms with van der Waals surface area (Å²) in [6.07, 6.45) is 0.164. The van der Waals surface area contributed by atoms with Gasteiger partial charge in [-0.2, -0.15) is 13.2 Å². The molecule has 1 heterocycles. The predicted molar refractivity (Wildman–Crippen MR) is 161 cm³/mol. The Hall–Kier alpha value is -1.96. The zero-order valence-corrected chi connectivity index (χ0v) is 27.0. The van der Waals surface area contributed by atoms with Gasteiger partial charge >= 0.3 is 12.1 Å². The van der Waals surface area contributed by atoms with E-state index in [1.54, 1.807) is 12.4 Å². The molecule has 1 saturated carbocycles. The minimum absolute atomic E-state index is 0.0400. The zero-order valence-electron chi connectivity index (χ0n) is 27.0. The van der Waals surface area contributed by atoms with Gasteiger partial charge < -0.3 is 39.6 Å². The molecule has 9 nitrogen and oxygen atoms in total. The molecule has 1 aliphatic carbocycles. The Morgan fingerprint density at radius 3 is 2.18 bits per heavy atom. The van der Waals surface area contributed by atoms with Gasteiger partial charge in [0, 0.05) is 12.0 Å². The van der Waals surface area contributed by atoms with E-state index in [0.717, 1.165) is 37.0 Å². The van der Waals surface area contributed by atoms with E-state index in [9.17, 15) is 33.3 Å². The van der Waals surface area contributed by atoms with Crippen LogP contribution in [0, 0.1) is 5.41 Å². The topological polar surface area (TPSA) is 127 Å². The maximum Gasteiger partial charge on any atom is 0.471 e. The Morgan fingerprint density at radius 1 is 1.00 bits per heavy atom. The van der Waals surface area contributed by atoms with Crippen molar-refractivity contribution in [3.8, 4) is 5.75 Å². The predicted octanol–water partition coefficient (Wildman–Crippen LogP) is 5.17. The molecule has 1 aliphatic heterocycles. The number of halogens is 3. The molecule has 2 aliphatic rings. The van der Waals surface area contributed by atoms with Crippen molar-refractivity contribution < 1.29 is 52.2 Å². The number of benzene rings is 1. The van der Waals surface area contributed by atoms with Gasteiger partial charge in [-0.25, -0.2) is 0 Å². The molecule has 1 unspecified atom stereocenters. The first-order valence-electron chi connectivity index (χ1n) is 16.2. The number of alkyl halides is 3. The smallest absolute Gasteiger partial charge is 0.471 e. The maximum absolute atomic E-state index is 13.1. The summed E-state index contributed by atoms with van der Waals surface area (Å²) < 4.78 is 62.2. The van der Waals surface area contributed by atoms with E-state index in [4.69, 9.17) is 18.9 Å². The Kier molecular flexibility index (Phi) is 13.9. The highest BCUT2D eigenvalue weighted by Crippen LogP contribution is 2.57. The number of ether oxygens (including phenoxy) is 4. The molecule has 0 bridgehead atoms. The average Bonchev–Trinajstić information content (AvgIpc) is 3.00. The van der Waals surface area contributed by atoms with Crippen molar-refractivity contribution in [1.29, 1.82) is 0 Å². The number of aliphatic hydroxyl groups excluding tert-OH is 2. The number of unbranched alkanes of at least 4 members (excludes halogenated alkanes) is 8. The molecule has 1 aromatic rings. The summed E-state index contributed by atoms with van der Waals surface area (Å²) in [5, 5.41) is 34.5. The number of carbonyl (C=O) groups excluding carboxylic acids is 1. The first kappa shape index (κ1) is 37.5. The van der Waals surface area contributed by atoms with E-state index in [1.165, 1.54) is 52.4 Å². The van der Waals surface area contributed by atoms with E-state index < -0.39 is 53.7 Å². The van der Waals surface area contributed by atoms with Crippen molar-refractivity contribution in [2.45, 2.75) is 147 Å². The van der Waals surface area contributed by atoms with Gasteiger partial charge in [0.15, 0.2) is 6.29 Å². The zero-order chi connectivity index (χ0) is 33.3. The number of amides is 1. The number of carbonyl (C=O) groups is 1. The first-order valence-corrected chi connectivity index (χ1v) is 16.2. The fourth-order valence-electron chi connectivity index (χ4n) is 6.36. The minimum atomic E-state index is -5.23. The van der Waals surface area contributed by atoms with Crippen molar-refractivity contribution in [3.63, 3.8) is 0 Å². The van der Waals surface area contributed by atoms with Gasteiger partial charge in [0.1, 0.15) is 29.6 Å². The molecule has 7 atom stereocenters. The van der Waals surface area contributed by atoms with E-state index in [-0.39, 0.29) is 12.7 Å². The van der Waals surface area contributed by atoms with E-state index in [0.29, 0.717) is 13.0 Å². The van der Waals surface area contributed by atoms with Gasteiger partial charge in [0.05, 0.1) is 25.9 Å². The molecule has 0 radical (unpaired) electrons. The van der Waals surface area contributed by atoms with Crippen LogP contribution in [0.2, 0.25) is 0 Å². The molecule has 258 valence electrons. The van der Waals surface area contributed by atoms with Gasteiger partial charge in [-0.05, 0) is 30.5 Å². The molecule has 4 N–H and O–H groups in total. The first-order chi connectivity index (χ1) is 21.3. The van der Waals surface area contributed by atoms with Crippen LogP contribution in [0.1, 0.15) is 97.0 Å². The fourth-order valence-corrected chi connectivity index (χ4v) is 6.36. The number of fused-ring (bicyclic) bond motifs is 1. The van der Waals surface area contributed by atoms with Gasteiger partial charge in [-0.15, -0.1) is 0 Å². The lowest BCUT2D eigenvalue weighted by Crippen LogP contribution is -2.86. The lowest BCUT2D eigenvalue weighted by Gasteiger charge is -2.67. The normalized spacial score (nSPS) is 28.2. The number of methoxy groups -OCH3 is 1. The van der Waals surface area contributed by atoms with Crippen molar-refractivity contribution in [1.82, 2.24) is 5.32 Å². The second kappa shape index (κ2) is 16.7. The summed E-state index contributed by atoms with van der Waals surface area (Å²) in [5.74, 6) is -1.57. The molecule has 3 rings (SSSR count). The van der Waals surface area contributed by atoms with Crippen LogP contribution in [0.15, 0.2) is 24.3 Å². The van der Waals surface area contributed by atoms with Crippen LogP contribution in [-0.2, 0) is 25.6 Å². The number of hydrogen-bond acceptors (Lipinski definition) is 8. The maximum atomic E-state index is 13.1. The largest absolute Gasteiger partial charge is 0.497 e. The third-order valence-corrected chi connectivity index (χ3v) is 9.41. The van der Waals surface area contributed by atoms with Crippen molar-refractivity contribution >= 4 is 5.91 Å². The third kappa shape index (κ3) is 9.32. The van der Waals surface area contributed by atoms with Gasteiger partial charge in [0.25, 0.3) is 0 Å². The number of aliphatic hydroxyl groups is 3. The molecule has 1 aromatic carbocycles. The van der Waals surface area contributed by atoms with E-state index in [2.05, 4.69) is 6.92 Å². The van der Waals surface area contributed by atoms with Crippen LogP contribution in [0.5, 0.6) is 5.75 Å². The van der Waals surface area contributed by atoms with Crippen molar-refractivity contribution in [2.24, 2.45) is 5.41 Å². The van der Waals surface area contributed by atoms with Gasteiger partial charge in [-0.3, -0.25) is 4.79 Å². The quantitative estimate of drug-likeness (QED) is 0.152. The fraction of sp³-hybridized carbons (Fsp3) is 0.788. The summed E-state index contributed by atoms with van der Waals surface area (Å²) >= 11 is 0. The van der Waals surface area contributed by atoms with Crippen LogP contribution >= 0.6 is 0 Å². The standard InChI is InChI=1S/C33H52F3NO8/c1-5-6-7-8-9-10-11-12-13-14-24(44-21-22-15-17-23(42-4)18-16-22)19-20-43-27-25(37-30(40)33(34,35)36)29(39)45-28-26(38)31(2,3)32(27,28)41/h15-18,24-29,38-39,41H,5-14,19-21H2,1-4H3,(H,37,40)/t24-,25-,26?,27-,28-,29+,32+/m1/s1. The average molecular weight is 648 g/mol. The highest BCUT2D eigenvalue weighted by molar-refractivity contribution is 5.82. The van der Waals surface area contributed by atoms with Crippen LogP contribution < -0.4 is 10.1 Å². The Labute approximate surface area is 264 Å². The SMILES string of the molecule is CCCCCCCCCCC[C@H](CCO[C@@H]1[C@@H](NC(=O)C(F)(F)F)[C@@H](O)O[C@@H]2C(O)C(C)(C)[C@@]21O)OCc1ccc(OC)cc1. The second-order valence-corrected chi connectivity index (χ2v) is 12.9. The van der Waals surface area contributed by atoms with Gasteiger partial charge in [-0.1, -0.05) is 90.7 Å². The Balaban J connectivity index is 1.65. The van der Waals surface area contributed by atoms with E-state index in [1.807, 2.05) is 24.3 Å². The van der Waals surface area contributed by atoms with Crippen LogP contribution in [0.3, 0.4) is 0 Å². The van der Waals surface area contributed by atoms with Crippen LogP contribution in [0.4, 0.5) is 13.2 Å². The molecule has 1 amide bonds. The molecule has 1 saturated heterocycles. The highest BCUT2D eigenvalue weighted by Gasteiger charge is 2.75. The second-order valence-electron chi connectivity index (χ2n) is 12.9. The molecule has 0 aromatic heterocycles. The minimum Gasteiger partial charge on any atom is -0.497 e. The van der Waals surface area contributed by atoms with Gasteiger partial charge in [0.2, 0.25) is 0 Å². The molecule has 2 fully saturated rings. The summed E-state index contributed by atoms with van der Waals surface area (Å²) in [6.45, 7) is 5.54. The number of nitrogens with one attached hydrogen (secondary N) is 1. The molecule has 45 heavy (non-hydrogen) atoms. The van der Waals surface area contributed by atoms with E-state index >= 15 is 0 Å². The van der Waals surface area contributed by atoms with Crippen LogP contribution in [-0.4, -0.2) is 83.5 Å². The molecular formula is C33H52F3NO8. The lowest BCUT2D eigenvalue weighted by atomic mass is 9.50. The number of hydrogen-bond donors (Lipinski definition) is 4. The highest BCUT2D eigenvalue weighted by atomic mass is 19.4. The monoisotopic (exact) mass is 647 g/mol. The van der Waals surface area contributed by atoms with Crippen molar-refractivity contribution in [2.75, 3.05) is 13.7 Å². The molecule has 12 heteroatoms. The number of rotatable bonds is 19. The summed E-state index contributed by atoms with van der Waals surface area (Å²) in [6, 6.07) is 5.76. The lowest BCUT2D eigenvalue weighted by molar-refractivity contribution is -0.406. The summed E-state index contributed by atoms with van der Waals surface area (Å²) in [4.78, 5) is 11.8. The Bertz CT molecular complexity index is 1040. The summed E-state index contributed by atoms with van der Waals surface area (Å²) in [7, 11) is 1.59. The summed E-state index contributed by atoms with van der Waals surface area (Å²) in [5.41, 5.74) is -2.30. The van der Waals surface area contributed by atoms with Crippen molar-refractivity contribution in [3.05, 3.63) is 29.8 Å². The third-order valence-electron chi connectivity index (χ3n) is 9.41.